The van der Waals surface area contributed by atoms with E-state index in [9.17, 15) is 0 Å². The molecule has 1 fully saturated rings. The first kappa shape index (κ1) is 12.5. The van der Waals surface area contributed by atoms with E-state index < -0.39 is 0 Å². The number of ether oxygens (including phenoxy) is 1. The van der Waals surface area contributed by atoms with Crippen LogP contribution in [0.5, 0.6) is 0 Å². The number of nitrogens with zero attached hydrogens (tertiary/aromatic N) is 1. The molecule has 0 aliphatic carbocycles. The van der Waals surface area contributed by atoms with E-state index in [2.05, 4.69) is 23.4 Å². The largest absolute Gasteiger partial charge is 0.381 e. The second-order valence-corrected chi connectivity index (χ2v) is 4.74. The van der Waals surface area contributed by atoms with E-state index >= 15 is 0 Å². The molecule has 17 heavy (non-hydrogen) atoms. The number of nitrogens with one attached hydrogen (secondary N) is 1. The zero-order valence-corrected chi connectivity index (χ0v) is 10.6. The van der Waals surface area contributed by atoms with Gasteiger partial charge in [0.05, 0.1) is 0 Å². The van der Waals surface area contributed by atoms with Gasteiger partial charge in [-0.3, -0.25) is 4.98 Å². The predicted octanol–water partition coefficient (Wildman–Crippen LogP) is 2.03. The summed E-state index contributed by atoms with van der Waals surface area (Å²) in [5.41, 5.74) is 1.33. The summed E-state index contributed by atoms with van der Waals surface area (Å²) in [5.74, 6) is 0.769. The highest BCUT2D eigenvalue weighted by molar-refractivity contribution is 5.08. The van der Waals surface area contributed by atoms with Gasteiger partial charge in [-0.2, -0.15) is 0 Å². The zero-order chi connectivity index (χ0) is 11.9. The molecule has 1 aromatic rings. The highest BCUT2D eigenvalue weighted by Gasteiger charge is 2.22. The summed E-state index contributed by atoms with van der Waals surface area (Å²) in [7, 11) is 2.07. The van der Waals surface area contributed by atoms with Crippen molar-refractivity contribution in [3.63, 3.8) is 0 Å². The Hall–Kier alpha value is -0.930. The minimum atomic E-state index is 0.610. The Morgan fingerprint density at radius 1 is 1.47 bits per heavy atom. The molecule has 0 spiro atoms. The SMILES string of the molecule is CNC(CCc1cccnc1)C1CCOCC1. The van der Waals surface area contributed by atoms with Crippen LogP contribution in [0.4, 0.5) is 0 Å². The summed E-state index contributed by atoms with van der Waals surface area (Å²) >= 11 is 0. The molecule has 1 atom stereocenters. The number of aromatic nitrogens is 1. The molecule has 1 unspecified atom stereocenters. The molecule has 1 aromatic heterocycles. The molecule has 1 N–H and O–H groups in total. The molecular formula is C14H22N2O. The van der Waals surface area contributed by atoms with Gasteiger partial charge in [0.15, 0.2) is 0 Å². The smallest absolute Gasteiger partial charge is 0.0469 e. The molecule has 3 heteroatoms. The van der Waals surface area contributed by atoms with Crippen LogP contribution in [0.25, 0.3) is 0 Å². The molecule has 1 aliphatic heterocycles. The van der Waals surface area contributed by atoms with Gasteiger partial charge in [0.25, 0.3) is 0 Å². The van der Waals surface area contributed by atoms with Gasteiger partial charge in [0.2, 0.25) is 0 Å². The minimum absolute atomic E-state index is 0.610. The van der Waals surface area contributed by atoms with Crippen molar-refractivity contribution < 1.29 is 4.74 Å². The molecule has 3 nitrogen and oxygen atoms in total. The van der Waals surface area contributed by atoms with Crippen molar-refractivity contribution >= 4 is 0 Å². The minimum Gasteiger partial charge on any atom is -0.381 e. The summed E-state index contributed by atoms with van der Waals surface area (Å²) < 4.78 is 5.42. The third-order valence-electron chi connectivity index (χ3n) is 3.67. The predicted molar refractivity (Wildman–Crippen MR) is 68.9 cm³/mol. The number of pyridine rings is 1. The van der Waals surface area contributed by atoms with Crippen molar-refractivity contribution in [2.75, 3.05) is 20.3 Å². The Bertz CT molecular complexity index is 309. The van der Waals surface area contributed by atoms with Gasteiger partial charge in [0.1, 0.15) is 0 Å². The first-order chi connectivity index (χ1) is 8.40. The molecule has 1 saturated heterocycles. The maximum Gasteiger partial charge on any atom is 0.0469 e. The van der Waals surface area contributed by atoms with Crippen LogP contribution in [-0.4, -0.2) is 31.3 Å². The van der Waals surface area contributed by atoms with Gasteiger partial charge in [-0.25, -0.2) is 0 Å². The molecule has 94 valence electrons. The lowest BCUT2D eigenvalue weighted by Gasteiger charge is -2.30. The maximum atomic E-state index is 5.42. The van der Waals surface area contributed by atoms with Crippen LogP contribution in [0.3, 0.4) is 0 Å². The fourth-order valence-corrected chi connectivity index (χ4v) is 2.60. The Balaban J connectivity index is 1.82. The molecule has 0 bridgehead atoms. The number of hydrogen-bond acceptors (Lipinski definition) is 3. The normalized spacial score (nSPS) is 19.1. The monoisotopic (exact) mass is 234 g/mol. The van der Waals surface area contributed by atoms with E-state index in [0.29, 0.717) is 6.04 Å². The molecule has 2 heterocycles. The third-order valence-corrected chi connectivity index (χ3v) is 3.67. The van der Waals surface area contributed by atoms with Crippen molar-refractivity contribution in [3.8, 4) is 0 Å². The third kappa shape index (κ3) is 3.79. The average molecular weight is 234 g/mol. The second kappa shape index (κ2) is 6.72. The van der Waals surface area contributed by atoms with E-state index in [-0.39, 0.29) is 0 Å². The summed E-state index contributed by atoms with van der Waals surface area (Å²) in [6.45, 7) is 1.85. The van der Waals surface area contributed by atoms with E-state index in [1.54, 1.807) is 0 Å². The van der Waals surface area contributed by atoms with Gasteiger partial charge in [-0.15, -0.1) is 0 Å². The van der Waals surface area contributed by atoms with Crippen LogP contribution in [-0.2, 0) is 11.2 Å². The van der Waals surface area contributed by atoms with Gasteiger partial charge in [0, 0.05) is 31.6 Å². The molecule has 0 saturated carbocycles. The summed E-state index contributed by atoms with van der Waals surface area (Å²) in [6.07, 6.45) is 8.48. The Morgan fingerprint density at radius 3 is 2.94 bits per heavy atom. The van der Waals surface area contributed by atoms with E-state index in [1.807, 2.05) is 18.5 Å². The summed E-state index contributed by atoms with van der Waals surface area (Å²) in [4.78, 5) is 4.16. The Morgan fingerprint density at radius 2 is 2.29 bits per heavy atom. The molecular weight excluding hydrogens is 212 g/mol. The highest BCUT2D eigenvalue weighted by atomic mass is 16.5. The van der Waals surface area contributed by atoms with Crippen LogP contribution in [0.15, 0.2) is 24.5 Å². The first-order valence-electron chi connectivity index (χ1n) is 6.54. The van der Waals surface area contributed by atoms with Crippen LogP contribution in [0.2, 0.25) is 0 Å². The van der Waals surface area contributed by atoms with Crippen LogP contribution in [0, 0.1) is 5.92 Å². The van der Waals surface area contributed by atoms with Crippen molar-refractivity contribution in [1.82, 2.24) is 10.3 Å². The number of hydrogen-bond donors (Lipinski definition) is 1. The molecule has 0 amide bonds. The van der Waals surface area contributed by atoms with Crippen LogP contribution < -0.4 is 5.32 Å². The average Bonchev–Trinajstić information content (AvgIpc) is 2.42. The zero-order valence-electron chi connectivity index (χ0n) is 10.6. The number of aryl methyl sites for hydroxylation is 1. The summed E-state index contributed by atoms with van der Waals surface area (Å²) in [6, 6.07) is 4.78. The standard InChI is InChI=1S/C14H22N2O/c1-15-14(13-6-9-17-10-7-13)5-4-12-3-2-8-16-11-12/h2-3,8,11,13-15H,4-7,9-10H2,1H3. The Labute approximate surface area is 104 Å². The van der Waals surface area contributed by atoms with Gasteiger partial charge < -0.3 is 10.1 Å². The van der Waals surface area contributed by atoms with Crippen molar-refractivity contribution in [3.05, 3.63) is 30.1 Å². The lowest BCUT2D eigenvalue weighted by atomic mass is 9.88. The van der Waals surface area contributed by atoms with Crippen LogP contribution >= 0.6 is 0 Å². The van der Waals surface area contributed by atoms with E-state index in [1.165, 1.54) is 24.8 Å². The Kier molecular flexibility index (Phi) is 4.95. The quantitative estimate of drug-likeness (QED) is 0.846. The number of rotatable bonds is 5. The maximum absolute atomic E-state index is 5.42. The molecule has 0 aromatic carbocycles. The van der Waals surface area contributed by atoms with Crippen molar-refractivity contribution in [2.45, 2.75) is 31.7 Å². The fraction of sp³-hybridized carbons (Fsp3) is 0.643. The van der Waals surface area contributed by atoms with Gasteiger partial charge in [-0.05, 0) is 50.3 Å². The summed E-state index contributed by atoms with van der Waals surface area (Å²) in [5, 5.41) is 3.47. The fourth-order valence-electron chi connectivity index (χ4n) is 2.60. The van der Waals surface area contributed by atoms with Crippen LogP contribution in [0.1, 0.15) is 24.8 Å². The van der Waals surface area contributed by atoms with Gasteiger partial charge >= 0.3 is 0 Å². The molecule has 2 rings (SSSR count). The van der Waals surface area contributed by atoms with E-state index in [4.69, 9.17) is 4.74 Å². The van der Waals surface area contributed by atoms with Crippen molar-refractivity contribution in [2.24, 2.45) is 5.92 Å². The molecule has 1 aliphatic rings. The van der Waals surface area contributed by atoms with E-state index in [0.717, 1.165) is 25.6 Å². The lowest BCUT2D eigenvalue weighted by Crippen LogP contribution is -2.37. The molecule has 0 radical (unpaired) electrons. The lowest BCUT2D eigenvalue weighted by molar-refractivity contribution is 0.0537. The first-order valence-corrected chi connectivity index (χ1v) is 6.54. The van der Waals surface area contributed by atoms with Gasteiger partial charge in [-0.1, -0.05) is 6.07 Å². The second-order valence-electron chi connectivity index (χ2n) is 4.74. The van der Waals surface area contributed by atoms with Crippen molar-refractivity contribution in [1.29, 1.82) is 0 Å². The topological polar surface area (TPSA) is 34.2 Å². The highest BCUT2D eigenvalue weighted by Crippen LogP contribution is 2.21.